The summed E-state index contributed by atoms with van der Waals surface area (Å²) < 4.78 is 37.4. The summed E-state index contributed by atoms with van der Waals surface area (Å²) in [4.78, 5) is 15.7. The molecule has 0 aliphatic carbocycles. The van der Waals surface area contributed by atoms with E-state index in [1.165, 1.54) is 18.4 Å². The van der Waals surface area contributed by atoms with Crippen molar-refractivity contribution in [2.75, 3.05) is 6.61 Å². The first-order valence-electron chi connectivity index (χ1n) is 6.34. The molecule has 0 amide bonds. The molecule has 0 radical (unpaired) electrons. The number of aliphatic imine (C=N–C) groups is 1. The van der Waals surface area contributed by atoms with Gasteiger partial charge < -0.3 is 9.47 Å². The fourth-order valence-corrected chi connectivity index (χ4v) is 2.06. The molecule has 6 heteroatoms. The molecular weight excluding hydrogens is 280 g/mol. The maximum Gasteiger partial charge on any atom is 0.509 e. The van der Waals surface area contributed by atoms with Gasteiger partial charge in [0.1, 0.15) is 12.7 Å². The highest BCUT2D eigenvalue weighted by molar-refractivity contribution is 5.76. The van der Waals surface area contributed by atoms with Gasteiger partial charge in [-0.25, -0.2) is 13.6 Å². The largest absolute Gasteiger partial charge is 0.509 e. The Bertz CT molecular complexity index is 611. The number of carbonyl (C=O) groups is 1. The summed E-state index contributed by atoms with van der Waals surface area (Å²) in [5.41, 5.74) is -0.651. The van der Waals surface area contributed by atoms with Crippen molar-refractivity contribution in [2.45, 2.75) is 20.0 Å². The van der Waals surface area contributed by atoms with Crippen LogP contribution < -0.4 is 0 Å². The minimum atomic E-state index is -1.07. The molecule has 1 unspecified atom stereocenters. The van der Waals surface area contributed by atoms with E-state index in [2.05, 4.69) is 11.6 Å². The maximum absolute atomic E-state index is 14.1. The number of benzene rings is 1. The highest BCUT2D eigenvalue weighted by Crippen LogP contribution is 2.45. The molecule has 4 nitrogen and oxygen atoms in total. The summed E-state index contributed by atoms with van der Waals surface area (Å²) in [7, 11) is 0. The van der Waals surface area contributed by atoms with E-state index in [1.807, 2.05) is 0 Å². The van der Waals surface area contributed by atoms with Crippen molar-refractivity contribution in [3.8, 4) is 0 Å². The quantitative estimate of drug-likeness (QED) is 0.623. The molecule has 1 atom stereocenters. The van der Waals surface area contributed by atoms with Crippen LogP contribution in [0, 0.1) is 17.0 Å². The molecule has 1 aliphatic rings. The van der Waals surface area contributed by atoms with Crippen LogP contribution in [-0.4, -0.2) is 19.0 Å². The lowest BCUT2D eigenvalue weighted by Gasteiger charge is -2.34. The van der Waals surface area contributed by atoms with Gasteiger partial charge in [-0.1, -0.05) is 26.5 Å². The van der Waals surface area contributed by atoms with Gasteiger partial charge >= 0.3 is 6.16 Å². The lowest BCUT2D eigenvalue weighted by atomic mass is 9.81. The van der Waals surface area contributed by atoms with Crippen molar-refractivity contribution < 1.29 is 23.0 Å². The van der Waals surface area contributed by atoms with Crippen LogP contribution in [-0.2, 0) is 9.47 Å². The summed E-state index contributed by atoms with van der Waals surface area (Å²) in [6.45, 7) is 6.78. The number of hydrogen-bond donors (Lipinski definition) is 0. The van der Waals surface area contributed by atoms with Crippen molar-refractivity contribution in [1.29, 1.82) is 0 Å². The Morgan fingerprint density at radius 1 is 1.48 bits per heavy atom. The van der Waals surface area contributed by atoms with Crippen molar-refractivity contribution >= 4 is 18.1 Å². The van der Waals surface area contributed by atoms with Crippen LogP contribution in [0.4, 0.5) is 19.3 Å². The summed E-state index contributed by atoms with van der Waals surface area (Å²) >= 11 is 0. The molecule has 2 rings (SSSR count). The third-order valence-corrected chi connectivity index (χ3v) is 3.12. The zero-order valence-electron chi connectivity index (χ0n) is 11.7. The van der Waals surface area contributed by atoms with E-state index in [0.717, 1.165) is 6.07 Å². The lowest BCUT2D eigenvalue weighted by molar-refractivity contribution is -0.00203. The number of fused-ring (bicyclic) bond motifs is 1. The van der Waals surface area contributed by atoms with Crippen molar-refractivity contribution in [3.63, 3.8) is 0 Å². The summed E-state index contributed by atoms with van der Waals surface area (Å²) in [5, 5.41) is 0. The third kappa shape index (κ3) is 2.94. The van der Waals surface area contributed by atoms with Crippen molar-refractivity contribution in [3.05, 3.63) is 42.0 Å². The standard InChI is InChI=1S/C15H15F2NO3/c1-4-7-20-14(19)21-13-11-10(18-8-15(13,2)3)6-5-9(16)12(11)17/h4-6,8,13H,1,7H2,2-3H3. The van der Waals surface area contributed by atoms with E-state index < -0.39 is 29.3 Å². The highest BCUT2D eigenvalue weighted by atomic mass is 19.2. The van der Waals surface area contributed by atoms with Crippen molar-refractivity contribution in [1.82, 2.24) is 0 Å². The molecule has 1 aliphatic heterocycles. The predicted octanol–water partition coefficient (Wildman–Crippen LogP) is 4.09. The normalized spacial score (nSPS) is 18.8. The van der Waals surface area contributed by atoms with Gasteiger partial charge in [0.2, 0.25) is 0 Å². The minimum absolute atomic E-state index is 0.0292. The van der Waals surface area contributed by atoms with E-state index >= 15 is 0 Å². The zero-order valence-corrected chi connectivity index (χ0v) is 11.7. The van der Waals surface area contributed by atoms with Crippen LogP contribution in [0.25, 0.3) is 0 Å². The molecule has 1 aromatic rings. The first-order valence-corrected chi connectivity index (χ1v) is 6.34. The van der Waals surface area contributed by atoms with Gasteiger partial charge in [0, 0.05) is 11.6 Å². The molecule has 1 heterocycles. The second-order valence-electron chi connectivity index (χ2n) is 5.22. The number of carbonyl (C=O) groups excluding carboxylic acids is 1. The van der Waals surface area contributed by atoms with Gasteiger partial charge in [-0.3, -0.25) is 4.99 Å². The maximum atomic E-state index is 14.1. The Balaban J connectivity index is 2.39. The molecule has 0 spiro atoms. The Morgan fingerprint density at radius 3 is 2.86 bits per heavy atom. The number of hydrogen-bond acceptors (Lipinski definition) is 4. The molecule has 0 fully saturated rings. The van der Waals surface area contributed by atoms with Gasteiger partial charge in [-0.2, -0.15) is 0 Å². The SMILES string of the molecule is C=CCOC(=O)OC1c2c(ccc(F)c2F)N=CC1(C)C. The number of halogens is 2. The molecule has 0 bridgehead atoms. The van der Waals surface area contributed by atoms with Crippen LogP contribution in [0.5, 0.6) is 0 Å². The van der Waals surface area contributed by atoms with Gasteiger partial charge in [-0.05, 0) is 12.1 Å². The van der Waals surface area contributed by atoms with Gasteiger partial charge in [0.05, 0.1) is 11.3 Å². The topological polar surface area (TPSA) is 47.9 Å². The molecule has 21 heavy (non-hydrogen) atoms. The third-order valence-electron chi connectivity index (χ3n) is 3.12. The van der Waals surface area contributed by atoms with E-state index in [0.29, 0.717) is 0 Å². The van der Waals surface area contributed by atoms with Gasteiger partial charge in [-0.15, -0.1) is 0 Å². The van der Waals surface area contributed by atoms with E-state index in [-0.39, 0.29) is 17.9 Å². The van der Waals surface area contributed by atoms with Crippen LogP contribution in [0.2, 0.25) is 0 Å². The Morgan fingerprint density at radius 2 is 2.19 bits per heavy atom. The van der Waals surface area contributed by atoms with Gasteiger partial charge in [0.25, 0.3) is 0 Å². The first-order chi connectivity index (χ1) is 9.86. The summed E-state index contributed by atoms with van der Waals surface area (Å²) in [5.74, 6) is -2.09. The van der Waals surface area contributed by atoms with E-state index in [4.69, 9.17) is 9.47 Å². The predicted molar refractivity (Wildman–Crippen MR) is 73.7 cm³/mol. The summed E-state index contributed by atoms with van der Waals surface area (Å²) in [6, 6.07) is 2.32. The Hall–Kier alpha value is -2.24. The van der Waals surface area contributed by atoms with E-state index in [9.17, 15) is 13.6 Å². The fourth-order valence-electron chi connectivity index (χ4n) is 2.06. The number of rotatable bonds is 3. The smallest absolute Gasteiger partial charge is 0.430 e. The molecular formula is C15H15F2NO3. The molecule has 1 aromatic carbocycles. The fraction of sp³-hybridized carbons (Fsp3) is 0.333. The summed E-state index contributed by atoms with van der Waals surface area (Å²) in [6.07, 6.45) is 0.914. The molecule has 0 aromatic heterocycles. The highest BCUT2D eigenvalue weighted by Gasteiger charge is 2.40. The Labute approximate surface area is 121 Å². The van der Waals surface area contributed by atoms with Crippen LogP contribution in [0.1, 0.15) is 25.5 Å². The average molecular weight is 295 g/mol. The lowest BCUT2D eigenvalue weighted by Crippen LogP contribution is -2.31. The molecule has 112 valence electrons. The number of ether oxygens (including phenoxy) is 2. The monoisotopic (exact) mass is 295 g/mol. The van der Waals surface area contributed by atoms with Crippen LogP contribution in [0.15, 0.2) is 29.8 Å². The van der Waals surface area contributed by atoms with Crippen molar-refractivity contribution in [2.24, 2.45) is 10.4 Å². The second kappa shape index (κ2) is 5.63. The second-order valence-corrected chi connectivity index (χ2v) is 5.22. The average Bonchev–Trinajstić information content (AvgIpc) is 2.43. The molecule has 0 saturated carbocycles. The van der Waals surface area contributed by atoms with Crippen LogP contribution in [0.3, 0.4) is 0 Å². The number of nitrogens with zero attached hydrogens (tertiary/aromatic N) is 1. The van der Waals surface area contributed by atoms with Crippen LogP contribution >= 0.6 is 0 Å². The van der Waals surface area contributed by atoms with Gasteiger partial charge in [0.15, 0.2) is 11.6 Å². The first kappa shape index (κ1) is 15.2. The zero-order chi connectivity index (χ0) is 15.6. The molecule has 0 saturated heterocycles. The van der Waals surface area contributed by atoms with E-state index in [1.54, 1.807) is 13.8 Å². The Kier molecular flexibility index (Phi) is 4.06. The minimum Gasteiger partial charge on any atom is -0.430 e. The molecule has 0 N–H and O–H groups in total.